The minimum absolute atomic E-state index is 0.0459. The van der Waals surface area contributed by atoms with Crippen molar-refractivity contribution in [3.63, 3.8) is 0 Å². The lowest BCUT2D eigenvalue weighted by atomic mass is 9.35. The Labute approximate surface area is 333 Å². The van der Waals surface area contributed by atoms with Gasteiger partial charge in [-0.3, -0.25) is 4.79 Å². The number of hydrogen-bond donors (Lipinski definition) is 6. The molecule has 7 rings (SSSR count). The Kier molecular flexibility index (Phi) is 11.2. The average Bonchev–Trinajstić information content (AvgIpc) is 3.78. The van der Waals surface area contributed by atoms with Gasteiger partial charge in [-0.1, -0.05) is 34.6 Å². The van der Waals surface area contributed by atoms with E-state index in [1.165, 1.54) is 6.92 Å². The number of carbonyl (C=O) groups excluding carboxylic acids is 1. The van der Waals surface area contributed by atoms with E-state index in [0.717, 1.165) is 51.4 Å². The van der Waals surface area contributed by atoms with Gasteiger partial charge in [0.15, 0.2) is 12.6 Å². The SMILES string of the molecule is CC(=O)OC[C@H]1O[C@H](OC2CCC3(C)C(CCC4(C)C3CC(O[C@H]3O[C@@H](C)[C@H](O)[C@@H](O)[C@@H]3O)C3C(C5(C)CCC(C(C)(C)O)O5)CCC34C)C2(C)C)[C@@H](O)[C@@H]1O. The van der Waals surface area contributed by atoms with Crippen molar-refractivity contribution in [2.75, 3.05) is 6.61 Å². The summed E-state index contributed by atoms with van der Waals surface area (Å²) < 4.78 is 37.6. The summed E-state index contributed by atoms with van der Waals surface area (Å²) in [6.07, 6.45) is -3.42. The molecular weight excluding hydrogens is 724 g/mol. The second-order valence-corrected chi connectivity index (χ2v) is 21.2. The number of esters is 1. The molecule has 11 unspecified atom stereocenters. The number of fused-ring (bicyclic) bond motifs is 5. The highest BCUT2D eigenvalue weighted by Crippen LogP contribution is 2.76. The highest BCUT2D eigenvalue weighted by atomic mass is 16.7. The summed E-state index contributed by atoms with van der Waals surface area (Å²) in [6.45, 7) is 20.5. The fourth-order valence-electron chi connectivity index (χ4n) is 14.0. The van der Waals surface area contributed by atoms with Crippen molar-refractivity contribution in [1.82, 2.24) is 0 Å². The van der Waals surface area contributed by atoms with E-state index in [0.29, 0.717) is 6.42 Å². The number of rotatable bonds is 8. The first-order valence-electron chi connectivity index (χ1n) is 21.4. The number of carbonyl (C=O) groups is 1. The average molecular weight is 797 g/mol. The number of hydrogen-bond acceptors (Lipinski definition) is 13. The zero-order valence-corrected chi connectivity index (χ0v) is 35.3. The Hall–Kier alpha value is -0.970. The highest BCUT2D eigenvalue weighted by Gasteiger charge is 2.73. The van der Waals surface area contributed by atoms with Crippen LogP contribution in [0.1, 0.15) is 127 Å². The van der Waals surface area contributed by atoms with Crippen molar-refractivity contribution in [2.24, 2.45) is 45.3 Å². The largest absolute Gasteiger partial charge is 0.463 e. The first-order chi connectivity index (χ1) is 25.9. The Morgan fingerprint density at radius 3 is 2.04 bits per heavy atom. The molecule has 0 radical (unpaired) electrons. The number of ether oxygens (including phenoxy) is 6. The summed E-state index contributed by atoms with van der Waals surface area (Å²) in [5, 5.41) is 65.3. The van der Waals surface area contributed by atoms with Crippen LogP contribution in [-0.4, -0.2) is 128 Å². The van der Waals surface area contributed by atoms with Gasteiger partial charge < -0.3 is 59.1 Å². The number of aliphatic hydroxyl groups excluding tert-OH is 5. The standard InChI is InChI=1S/C43H72O13/c1-21-31(45)33(47)35(49)36(52-21)53-24-19-27-40(7)15-13-28(55-37-34(48)32(46)25(54-37)20-51-22(2)44)38(3,4)26(40)12-17-41(27,8)42(9)16-11-23(30(24)42)43(10)18-14-29(56-43)39(5,6)50/h21,23-37,45-50H,11-20H2,1-10H3/t21-,23?,24?,25+,26?,27?,28?,29?,30?,31-,32+,33+,34-,35-,36+,37+,40?,41?,42?,43?/m0/s1. The second-order valence-electron chi connectivity index (χ2n) is 21.2. The molecule has 322 valence electrons. The quantitative estimate of drug-likeness (QED) is 0.154. The summed E-state index contributed by atoms with van der Waals surface area (Å²) >= 11 is 0. The molecule has 13 nitrogen and oxygen atoms in total. The van der Waals surface area contributed by atoms with Crippen LogP contribution in [0.25, 0.3) is 0 Å². The van der Waals surface area contributed by atoms with Crippen LogP contribution >= 0.6 is 0 Å². The van der Waals surface area contributed by atoms with Gasteiger partial charge in [0.25, 0.3) is 0 Å². The van der Waals surface area contributed by atoms with Crippen molar-refractivity contribution >= 4 is 5.97 Å². The van der Waals surface area contributed by atoms with E-state index in [9.17, 15) is 35.4 Å². The summed E-state index contributed by atoms with van der Waals surface area (Å²) in [6, 6.07) is 0. The predicted molar refractivity (Wildman–Crippen MR) is 203 cm³/mol. The van der Waals surface area contributed by atoms with Crippen LogP contribution in [0.15, 0.2) is 0 Å². The lowest BCUT2D eigenvalue weighted by molar-refractivity contribution is -0.332. The van der Waals surface area contributed by atoms with E-state index in [2.05, 4.69) is 41.5 Å². The molecule has 13 heteroatoms. The van der Waals surface area contributed by atoms with E-state index in [4.69, 9.17) is 28.4 Å². The lowest BCUT2D eigenvalue weighted by Gasteiger charge is -2.71. The minimum Gasteiger partial charge on any atom is -0.463 e. The van der Waals surface area contributed by atoms with E-state index in [1.54, 1.807) is 6.92 Å². The first kappa shape index (κ1) is 43.1. The smallest absolute Gasteiger partial charge is 0.302 e. The molecule has 0 aromatic carbocycles. The second kappa shape index (κ2) is 14.6. The molecule has 4 aliphatic carbocycles. The van der Waals surface area contributed by atoms with Crippen LogP contribution in [0.4, 0.5) is 0 Å². The van der Waals surface area contributed by atoms with Gasteiger partial charge in [0, 0.05) is 6.92 Å². The van der Waals surface area contributed by atoms with Gasteiger partial charge >= 0.3 is 5.97 Å². The molecule has 20 atom stereocenters. The van der Waals surface area contributed by atoms with Crippen LogP contribution in [0, 0.1) is 45.3 Å². The normalized spacial score (nSPS) is 54.3. The molecule has 4 saturated carbocycles. The maximum absolute atomic E-state index is 11.4. The van der Waals surface area contributed by atoms with Gasteiger partial charge in [-0.05, 0) is 131 Å². The van der Waals surface area contributed by atoms with Crippen molar-refractivity contribution in [1.29, 1.82) is 0 Å². The zero-order chi connectivity index (χ0) is 41.1. The van der Waals surface area contributed by atoms with Gasteiger partial charge in [0.05, 0.1) is 35.6 Å². The Morgan fingerprint density at radius 2 is 1.39 bits per heavy atom. The first-order valence-corrected chi connectivity index (χ1v) is 21.4. The van der Waals surface area contributed by atoms with Crippen LogP contribution in [0.3, 0.4) is 0 Å². The molecule has 0 amide bonds. The van der Waals surface area contributed by atoms with Crippen molar-refractivity contribution < 1.29 is 63.9 Å². The molecule has 0 aromatic rings. The highest BCUT2D eigenvalue weighted by molar-refractivity contribution is 5.65. The number of aliphatic hydroxyl groups is 6. The summed E-state index contributed by atoms with van der Waals surface area (Å²) in [5.74, 6) is 0.137. The third-order valence-corrected chi connectivity index (χ3v) is 17.4. The molecule has 7 aliphatic rings. The molecule has 0 spiro atoms. The molecule has 0 aromatic heterocycles. The third kappa shape index (κ3) is 6.73. The van der Waals surface area contributed by atoms with Gasteiger partial charge in [-0.2, -0.15) is 0 Å². The summed E-state index contributed by atoms with van der Waals surface area (Å²) in [5.41, 5.74) is -2.16. The van der Waals surface area contributed by atoms with Gasteiger partial charge in [-0.25, -0.2) is 0 Å². The van der Waals surface area contributed by atoms with Gasteiger partial charge in [0.2, 0.25) is 0 Å². The molecule has 3 aliphatic heterocycles. The third-order valence-electron chi connectivity index (χ3n) is 17.4. The van der Waals surface area contributed by atoms with Crippen molar-refractivity contribution in [3.05, 3.63) is 0 Å². The maximum atomic E-state index is 11.4. The summed E-state index contributed by atoms with van der Waals surface area (Å²) in [7, 11) is 0. The van der Waals surface area contributed by atoms with Crippen molar-refractivity contribution in [2.45, 2.75) is 212 Å². The van der Waals surface area contributed by atoms with Crippen LogP contribution in [0.2, 0.25) is 0 Å². The molecule has 3 heterocycles. The molecule has 3 saturated heterocycles. The fraction of sp³-hybridized carbons (Fsp3) is 0.977. The van der Waals surface area contributed by atoms with E-state index in [1.807, 2.05) is 13.8 Å². The Bertz CT molecular complexity index is 1450. The van der Waals surface area contributed by atoms with E-state index >= 15 is 0 Å². The van der Waals surface area contributed by atoms with Gasteiger partial charge in [-0.15, -0.1) is 0 Å². The maximum Gasteiger partial charge on any atom is 0.302 e. The predicted octanol–water partition coefficient (Wildman–Crippen LogP) is 3.60. The molecular formula is C43H72O13. The monoisotopic (exact) mass is 796 g/mol. The Morgan fingerprint density at radius 1 is 0.750 bits per heavy atom. The molecule has 6 N–H and O–H groups in total. The topological polar surface area (TPSA) is 194 Å². The van der Waals surface area contributed by atoms with Crippen LogP contribution in [0.5, 0.6) is 0 Å². The Balaban J connectivity index is 1.19. The molecule has 0 bridgehead atoms. The summed E-state index contributed by atoms with van der Waals surface area (Å²) in [4.78, 5) is 11.4. The van der Waals surface area contributed by atoms with Crippen molar-refractivity contribution in [3.8, 4) is 0 Å². The van der Waals surface area contributed by atoms with E-state index < -0.39 is 72.5 Å². The van der Waals surface area contributed by atoms with E-state index in [-0.39, 0.29) is 70.3 Å². The van der Waals surface area contributed by atoms with Crippen LogP contribution < -0.4 is 0 Å². The lowest BCUT2D eigenvalue weighted by Crippen LogP contribution is -2.68. The minimum atomic E-state index is -1.42. The zero-order valence-electron chi connectivity index (χ0n) is 35.3. The van der Waals surface area contributed by atoms with Gasteiger partial charge in [0.1, 0.15) is 43.2 Å². The van der Waals surface area contributed by atoms with Crippen LogP contribution in [-0.2, 0) is 33.2 Å². The molecule has 56 heavy (non-hydrogen) atoms. The molecule has 7 fully saturated rings. The fourth-order valence-corrected chi connectivity index (χ4v) is 14.0.